The summed E-state index contributed by atoms with van der Waals surface area (Å²) in [7, 11) is -3.92. The minimum Gasteiger partial charge on any atom is -0.345 e. The van der Waals surface area contributed by atoms with Gasteiger partial charge in [0.15, 0.2) is 0 Å². The molecule has 0 fully saturated rings. The van der Waals surface area contributed by atoms with Crippen LogP contribution in [0.15, 0.2) is 82.7 Å². The van der Waals surface area contributed by atoms with E-state index in [4.69, 9.17) is 5.26 Å². The lowest BCUT2D eigenvalue weighted by Gasteiger charge is -2.07. The maximum atomic E-state index is 13.3. The average Bonchev–Trinajstić information content (AvgIpc) is 3.14. The highest BCUT2D eigenvalue weighted by Gasteiger charge is 2.27. The molecule has 1 N–H and O–H groups in total. The second-order valence-electron chi connectivity index (χ2n) is 6.32. The molecule has 7 nitrogen and oxygen atoms in total. The Kier molecular flexibility index (Phi) is 4.37. The summed E-state index contributed by atoms with van der Waals surface area (Å²) in [6.07, 6.45) is 0. The molecule has 4 rings (SSSR count). The Bertz CT molecular complexity index is 1380. The number of hydrogen-bond donors (Lipinski definition) is 1. The lowest BCUT2D eigenvalue weighted by Crippen LogP contribution is -2.03. The fourth-order valence-electron chi connectivity index (χ4n) is 3.19. The van der Waals surface area contributed by atoms with E-state index in [1.165, 1.54) is 30.3 Å². The van der Waals surface area contributed by atoms with Gasteiger partial charge in [-0.3, -0.25) is 10.1 Å². The predicted molar refractivity (Wildman–Crippen MR) is 107 cm³/mol. The number of sulfone groups is 1. The lowest BCUT2D eigenvalue weighted by molar-refractivity contribution is -0.384. The summed E-state index contributed by atoms with van der Waals surface area (Å²) >= 11 is 0. The summed E-state index contributed by atoms with van der Waals surface area (Å²) < 4.78 is 26.6. The molecule has 0 unspecified atom stereocenters. The van der Waals surface area contributed by atoms with Gasteiger partial charge in [0.2, 0.25) is 9.84 Å². The first-order chi connectivity index (χ1) is 13.9. The predicted octanol–water partition coefficient (Wildman–Crippen LogP) is 4.45. The number of H-pyrrole nitrogens is 1. The zero-order valence-electron chi connectivity index (χ0n) is 14.9. The normalized spacial score (nSPS) is 11.3. The number of hydrogen-bond acceptors (Lipinski definition) is 5. The zero-order valence-corrected chi connectivity index (χ0v) is 15.7. The van der Waals surface area contributed by atoms with Crippen LogP contribution in [0.1, 0.15) is 5.56 Å². The monoisotopic (exact) mass is 403 g/mol. The second-order valence-corrected chi connectivity index (χ2v) is 8.21. The molecule has 0 saturated heterocycles. The third-order valence-electron chi connectivity index (χ3n) is 4.58. The topological polar surface area (TPSA) is 117 Å². The van der Waals surface area contributed by atoms with Crippen LogP contribution in [-0.4, -0.2) is 18.3 Å². The Balaban J connectivity index is 2.04. The summed E-state index contributed by atoms with van der Waals surface area (Å²) in [5.41, 5.74) is 1.63. The Morgan fingerprint density at radius 2 is 1.66 bits per heavy atom. The molecule has 0 aliphatic rings. The number of nitrogens with zero attached hydrogens (tertiary/aromatic N) is 2. The van der Waals surface area contributed by atoms with Crippen LogP contribution in [0, 0.1) is 21.4 Å². The van der Waals surface area contributed by atoms with Crippen LogP contribution in [0.2, 0.25) is 0 Å². The molecule has 0 aliphatic carbocycles. The maximum Gasteiger partial charge on any atom is 0.271 e. The number of fused-ring (bicyclic) bond motifs is 1. The van der Waals surface area contributed by atoms with Crippen molar-refractivity contribution in [3.8, 4) is 17.2 Å². The van der Waals surface area contributed by atoms with E-state index in [9.17, 15) is 18.5 Å². The molecule has 0 atom stereocenters. The Morgan fingerprint density at radius 3 is 2.28 bits per heavy atom. The molecule has 0 saturated carbocycles. The van der Waals surface area contributed by atoms with E-state index in [-0.39, 0.29) is 15.6 Å². The van der Waals surface area contributed by atoms with Crippen molar-refractivity contribution in [3.63, 3.8) is 0 Å². The number of aromatic nitrogens is 1. The van der Waals surface area contributed by atoms with Crippen molar-refractivity contribution < 1.29 is 13.3 Å². The van der Waals surface area contributed by atoms with E-state index in [2.05, 4.69) is 4.98 Å². The Labute approximate surface area is 165 Å². The maximum absolute atomic E-state index is 13.3. The van der Waals surface area contributed by atoms with E-state index in [0.29, 0.717) is 27.6 Å². The molecule has 4 aromatic rings. The van der Waals surface area contributed by atoms with Crippen molar-refractivity contribution in [2.75, 3.05) is 0 Å². The first-order valence-electron chi connectivity index (χ1n) is 8.52. The zero-order chi connectivity index (χ0) is 20.6. The van der Waals surface area contributed by atoms with Crippen molar-refractivity contribution in [3.05, 3.63) is 88.5 Å². The number of nitriles is 1. The molecule has 0 radical (unpaired) electrons. The molecular weight excluding hydrogens is 390 g/mol. The highest BCUT2D eigenvalue weighted by Crippen LogP contribution is 2.38. The van der Waals surface area contributed by atoms with E-state index < -0.39 is 14.8 Å². The van der Waals surface area contributed by atoms with E-state index >= 15 is 0 Å². The van der Waals surface area contributed by atoms with Gasteiger partial charge in [0.05, 0.1) is 27.0 Å². The molecule has 1 heterocycles. The number of nitrogens with one attached hydrogen (secondary N) is 1. The standard InChI is InChI=1S/C21H13N3O4S/c22-13-14-6-8-15(9-7-14)20-18-11-10-16(24(25)26)12-19(18)23-21(20)29(27,28)17-4-2-1-3-5-17/h1-12,23H. The van der Waals surface area contributed by atoms with Gasteiger partial charge in [-0.05, 0) is 35.9 Å². The number of nitro groups is 1. The minimum absolute atomic E-state index is 0.0519. The van der Waals surface area contributed by atoms with E-state index in [0.717, 1.165) is 0 Å². The van der Waals surface area contributed by atoms with Crippen LogP contribution in [0.3, 0.4) is 0 Å². The van der Waals surface area contributed by atoms with Gasteiger partial charge in [-0.15, -0.1) is 0 Å². The molecular formula is C21H13N3O4S. The number of nitro benzene ring substituents is 1. The summed E-state index contributed by atoms with van der Waals surface area (Å²) in [6, 6.07) is 20.7. The van der Waals surface area contributed by atoms with Crippen LogP contribution in [-0.2, 0) is 9.84 Å². The Morgan fingerprint density at radius 1 is 0.966 bits per heavy atom. The van der Waals surface area contributed by atoms with Gasteiger partial charge >= 0.3 is 0 Å². The van der Waals surface area contributed by atoms with Gasteiger partial charge in [0.1, 0.15) is 5.03 Å². The second kappa shape index (κ2) is 6.89. The van der Waals surface area contributed by atoms with Gasteiger partial charge in [0.25, 0.3) is 5.69 Å². The van der Waals surface area contributed by atoms with Gasteiger partial charge in [0, 0.05) is 23.1 Å². The fraction of sp³-hybridized carbons (Fsp3) is 0. The third-order valence-corrected chi connectivity index (χ3v) is 6.32. The quantitative estimate of drug-likeness (QED) is 0.399. The largest absolute Gasteiger partial charge is 0.345 e. The first-order valence-corrected chi connectivity index (χ1v) is 10.0. The first kappa shape index (κ1) is 18.4. The van der Waals surface area contributed by atoms with Crippen LogP contribution in [0.5, 0.6) is 0 Å². The van der Waals surface area contributed by atoms with Crippen molar-refractivity contribution in [1.29, 1.82) is 5.26 Å². The van der Waals surface area contributed by atoms with Crippen molar-refractivity contribution >= 4 is 26.4 Å². The summed E-state index contributed by atoms with van der Waals surface area (Å²) in [4.78, 5) is 13.6. The molecule has 0 aliphatic heterocycles. The van der Waals surface area contributed by atoms with Crippen molar-refractivity contribution in [2.45, 2.75) is 9.92 Å². The SMILES string of the molecule is N#Cc1ccc(-c2c(S(=O)(=O)c3ccccc3)[nH]c3cc([N+](=O)[O-])ccc23)cc1. The number of aromatic amines is 1. The average molecular weight is 403 g/mol. The molecule has 8 heteroatoms. The van der Waals surface area contributed by atoms with E-state index in [1.54, 1.807) is 42.5 Å². The number of benzene rings is 3. The molecule has 0 spiro atoms. The summed E-state index contributed by atoms with van der Waals surface area (Å²) in [6.45, 7) is 0. The molecule has 0 bridgehead atoms. The summed E-state index contributed by atoms with van der Waals surface area (Å²) in [5, 5.41) is 20.7. The van der Waals surface area contributed by atoms with Gasteiger partial charge in [-0.1, -0.05) is 30.3 Å². The minimum atomic E-state index is -3.92. The smallest absolute Gasteiger partial charge is 0.271 e. The van der Waals surface area contributed by atoms with Gasteiger partial charge in [-0.25, -0.2) is 8.42 Å². The van der Waals surface area contributed by atoms with Crippen LogP contribution in [0.25, 0.3) is 22.0 Å². The summed E-state index contributed by atoms with van der Waals surface area (Å²) in [5.74, 6) is 0. The van der Waals surface area contributed by atoms with E-state index in [1.807, 2.05) is 6.07 Å². The molecule has 142 valence electrons. The van der Waals surface area contributed by atoms with Crippen molar-refractivity contribution in [2.24, 2.45) is 0 Å². The molecule has 0 amide bonds. The van der Waals surface area contributed by atoms with Crippen molar-refractivity contribution in [1.82, 2.24) is 4.98 Å². The van der Waals surface area contributed by atoms with Crippen LogP contribution >= 0.6 is 0 Å². The number of rotatable bonds is 4. The lowest BCUT2D eigenvalue weighted by atomic mass is 10.0. The molecule has 1 aromatic heterocycles. The fourth-order valence-corrected chi connectivity index (χ4v) is 4.68. The highest BCUT2D eigenvalue weighted by molar-refractivity contribution is 7.91. The van der Waals surface area contributed by atoms with Crippen LogP contribution < -0.4 is 0 Å². The molecule has 29 heavy (non-hydrogen) atoms. The van der Waals surface area contributed by atoms with Crippen LogP contribution in [0.4, 0.5) is 5.69 Å². The third kappa shape index (κ3) is 3.13. The Hall–Kier alpha value is -3.96. The number of non-ortho nitro benzene ring substituents is 1. The van der Waals surface area contributed by atoms with Gasteiger partial charge in [-0.2, -0.15) is 5.26 Å². The molecule has 3 aromatic carbocycles. The van der Waals surface area contributed by atoms with Gasteiger partial charge < -0.3 is 4.98 Å². The highest BCUT2D eigenvalue weighted by atomic mass is 32.2.